The highest BCUT2D eigenvalue weighted by Gasteiger charge is 2.06. The van der Waals surface area contributed by atoms with Crippen molar-refractivity contribution in [3.05, 3.63) is 88.9 Å². The highest BCUT2D eigenvalue weighted by atomic mass is 79.9. The predicted molar refractivity (Wildman–Crippen MR) is 121 cm³/mol. The quantitative estimate of drug-likeness (QED) is 0.382. The number of para-hydroxylation sites is 1. The van der Waals surface area contributed by atoms with E-state index in [9.17, 15) is 5.11 Å². The van der Waals surface area contributed by atoms with E-state index in [0.717, 1.165) is 21.5 Å². The average Bonchev–Trinajstić information content (AvgIpc) is 2.78. The third-order valence-corrected chi connectivity index (χ3v) is 4.92. The summed E-state index contributed by atoms with van der Waals surface area (Å²) in [5.41, 5.74) is 1.12. The summed E-state index contributed by atoms with van der Waals surface area (Å²) in [5, 5.41) is 13.2. The van der Waals surface area contributed by atoms with Crippen LogP contribution in [0, 0.1) is 0 Å². The molecule has 3 aromatic rings. The van der Waals surface area contributed by atoms with Crippen molar-refractivity contribution in [3.63, 3.8) is 0 Å². The number of ether oxygens (including phenoxy) is 3. The first-order valence-electron chi connectivity index (χ1n) is 9.86. The molecule has 158 valence electrons. The Morgan fingerprint density at radius 1 is 0.800 bits per heavy atom. The topological polar surface area (TPSA) is 60.0 Å². The van der Waals surface area contributed by atoms with Gasteiger partial charge in [-0.15, -0.1) is 0 Å². The molecule has 0 heterocycles. The zero-order valence-electron chi connectivity index (χ0n) is 16.7. The van der Waals surface area contributed by atoms with Gasteiger partial charge in [-0.2, -0.15) is 0 Å². The molecule has 3 rings (SSSR count). The van der Waals surface area contributed by atoms with E-state index in [1.54, 1.807) is 0 Å². The second-order valence-electron chi connectivity index (χ2n) is 6.69. The standard InChI is InChI=1S/C24H26BrNO4/c25-23-8-4-5-9-24(23)28-15-14-26-16-20(27)18-30-22-12-10-21(11-13-22)29-17-19-6-2-1-3-7-19/h1-13,20,26-27H,14-18H2. The fourth-order valence-electron chi connectivity index (χ4n) is 2.69. The summed E-state index contributed by atoms with van der Waals surface area (Å²) in [6, 6.07) is 25.1. The molecule has 0 amide bonds. The predicted octanol–water partition coefficient (Wildman–Crippen LogP) is 4.44. The van der Waals surface area contributed by atoms with Crippen LogP contribution in [0.15, 0.2) is 83.3 Å². The van der Waals surface area contributed by atoms with Crippen LogP contribution < -0.4 is 19.5 Å². The summed E-state index contributed by atoms with van der Waals surface area (Å²) in [6.07, 6.45) is -0.609. The minimum absolute atomic E-state index is 0.211. The number of hydrogen-bond acceptors (Lipinski definition) is 5. The molecule has 0 fully saturated rings. The molecular weight excluding hydrogens is 446 g/mol. The number of aliphatic hydroxyl groups excluding tert-OH is 1. The van der Waals surface area contributed by atoms with Gasteiger partial charge in [-0.3, -0.25) is 0 Å². The Hall–Kier alpha value is -2.54. The van der Waals surface area contributed by atoms with Crippen LogP contribution in [-0.2, 0) is 6.61 Å². The van der Waals surface area contributed by atoms with Gasteiger partial charge < -0.3 is 24.6 Å². The summed E-state index contributed by atoms with van der Waals surface area (Å²) >= 11 is 3.45. The van der Waals surface area contributed by atoms with Crippen molar-refractivity contribution in [2.24, 2.45) is 0 Å². The van der Waals surface area contributed by atoms with Crippen molar-refractivity contribution in [3.8, 4) is 17.2 Å². The Balaban J connectivity index is 1.28. The van der Waals surface area contributed by atoms with Crippen molar-refractivity contribution in [1.82, 2.24) is 5.32 Å². The maximum atomic E-state index is 10.1. The molecule has 0 saturated heterocycles. The smallest absolute Gasteiger partial charge is 0.133 e. The van der Waals surface area contributed by atoms with E-state index in [-0.39, 0.29) is 6.61 Å². The van der Waals surface area contributed by atoms with Crippen LogP contribution in [0.3, 0.4) is 0 Å². The number of aliphatic hydroxyl groups is 1. The zero-order chi connectivity index (χ0) is 21.0. The van der Waals surface area contributed by atoms with Crippen LogP contribution in [0.5, 0.6) is 17.2 Å². The molecule has 1 atom stereocenters. The maximum absolute atomic E-state index is 10.1. The van der Waals surface area contributed by atoms with Gasteiger partial charge in [0.05, 0.1) is 4.47 Å². The molecule has 30 heavy (non-hydrogen) atoms. The molecule has 0 aliphatic rings. The van der Waals surface area contributed by atoms with Crippen LogP contribution >= 0.6 is 15.9 Å². The lowest BCUT2D eigenvalue weighted by Crippen LogP contribution is -2.33. The molecule has 5 nitrogen and oxygen atoms in total. The zero-order valence-corrected chi connectivity index (χ0v) is 18.3. The lowest BCUT2D eigenvalue weighted by Gasteiger charge is -2.14. The molecule has 0 saturated carbocycles. The summed E-state index contributed by atoms with van der Waals surface area (Å²) in [7, 11) is 0. The Kier molecular flexibility index (Phi) is 9.03. The second kappa shape index (κ2) is 12.2. The van der Waals surface area contributed by atoms with E-state index in [0.29, 0.717) is 32.1 Å². The van der Waals surface area contributed by atoms with Gasteiger partial charge in [-0.05, 0) is 57.9 Å². The molecule has 1 unspecified atom stereocenters. The highest BCUT2D eigenvalue weighted by molar-refractivity contribution is 9.10. The summed E-state index contributed by atoms with van der Waals surface area (Å²) in [4.78, 5) is 0. The molecule has 0 aliphatic carbocycles. The second-order valence-corrected chi connectivity index (χ2v) is 7.55. The lowest BCUT2D eigenvalue weighted by atomic mass is 10.2. The van der Waals surface area contributed by atoms with Gasteiger partial charge in [-0.1, -0.05) is 42.5 Å². The molecule has 0 aromatic heterocycles. The van der Waals surface area contributed by atoms with Crippen LogP contribution in [0.4, 0.5) is 0 Å². The fourth-order valence-corrected chi connectivity index (χ4v) is 3.09. The third-order valence-electron chi connectivity index (χ3n) is 4.27. The normalized spacial score (nSPS) is 11.7. The third kappa shape index (κ3) is 7.71. The van der Waals surface area contributed by atoms with Gasteiger partial charge in [0.2, 0.25) is 0 Å². The fraction of sp³-hybridized carbons (Fsp3) is 0.250. The molecule has 6 heteroatoms. The van der Waals surface area contributed by atoms with E-state index in [4.69, 9.17) is 14.2 Å². The van der Waals surface area contributed by atoms with Crippen LogP contribution in [0.2, 0.25) is 0 Å². The van der Waals surface area contributed by atoms with E-state index in [2.05, 4.69) is 21.2 Å². The number of nitrogens with one attached hydrogen (secondary N) is 1. The number of hydrogen-bond donors (Lipinski definition) is 2. The van der Waals surface area contributed by atoms with Gasteiger partial charge in [0.1, 0.15) is 43.2 Å². The van der Waals surface area contributed by atoms with Crippen LogP contribution in [0.25, 0.3) is 0 Å². The molecule has 2 N–H and O–H groups in total. The maximum Gasteiger partial charge on any atom is 0.133 e. The Bertz CT molecular complexity index is 874. The first kappa shape index (κ1) is 22.2. The Morgan fingerprint density at radius 3 is 2.20 bits per heavy atom. The summed E-state index contributed by atoms with van der Waals surface area (Å²) in [6.45, 7) is 2.31. The Morgan fingerprint density at radius 2 is 1.47 bits per heavy atom. The number of benzene rings is 3. The van der Waals surface area contributed by atoms with E-state index in [1.807, 2.05) is 78.9 Å². The van der Waals surface area contributed by atoms with Crippen molar-refractivity contribution in [2.45, 2.75) is 12.7 Å². The van der Waals surface area contributed by atoms with Crippen molar-refractivity contribution >= 4 is 15.9 Å². The summed E-state index contributed by atoms with van der Waals surface area (Å²) in [5.74, 6) is 2.27. The number of rotatable bonds is 12. The molecule has 0 aliphatic heterocycles. The van der Waals surface area contributed by atoms with Gasteiger partial charge in [-0.25, -0.2) is 0 Å². The molecule has 0 radical (unpaired) electrons. The lowest BCUT2D eigenvalue weighted by molar-refractivity contribution is 0.105. The van der Waals surface area contributed by atoms with Gasteiger partial charge in [0, 0.05) is 13.1 Å². The van der Waals surface area contributed by atoms with Crippen molar-refractivity contribution in [2.75, 3.05) is 26.3 Å². The highest BCUT2D eigenvalue weighted by Crippen LogP contribution is 2.23. The van der Waals surface area contributed by atoms with Crippen molar-refractivity contribution < 1.29 is 19.3 Å². The van der Waals surface area contributed by atoms with Gasteiger partial charge >= 0.3 is 0 Å². The SMILES string of the molecule is OC(CNCCOc1ccccc1Br)COc1ccc(OCc2ccccc2)cc1. The summed E-state index contributed by atoms with van der Waals surface area (Å²) < 4.78 is 18.0. The van der Waals surface area contributed by atoms with E-state index in [1.165, 1.54) is 0 Å². The number of halogens is 1. The van der Waals surface area contributed by atoms with Crippen LogP contribution in [-0.4, -0.2) is 37.5 Å². The van der Waals surface area contributed by atoms with Crippen LogP contribution in [0.1, 0.15) is 5.56 Å². The molecule has 3 aromatic carbocycles. The first-order valence-corrected chi connectivity index (χ1v) is 10.7. The van der Waals surface area contributed by atoms with E-state index < -0.39 is 6.10 Å². The molecule has 0 bridgehead atoms. The monoisotopic (exact) mass is 471 g/mol. The van der Waals surface area contributed by atoms with Crippen molar-refractivity contribution in [1.29, 1.82) is 0 Å². The van der Waals surface area contributed by atoms with Gasteiger partial charge in [0.25, 0.3) is 0 Å². The largest absolute Gasteiger partial charge is 0.491 e. The minimum Gasteiger partial charge on any atom is -0.491 e. The van der Waals surface area contributed by atoms with Gasteiger partial charge in [0.15, 0.2) is 0 Å². The Labute approximate surface area is 185 Å². The van der Waals surface area contributed by atoms with E-state index >= 15 is 0 Å². The average molecular weight is 472 g/mol. The molecular formula is C24H26BrNO4. The first-order chi connectivity index (χ1) is 14.7. The molecule has 0 spiro atoms. The minimum atomic E-state index is -0.609.